The zero-order valence-electron chi connectivity index (χ0n) is 17.5. The molecule has 2 amide bonds. The van der Waals surface area contributed by atoms with Crippen LogP contribution in [0.15, 0.2) is 42.5 Å². The Kier molecular flexibility index (Phi) is 5.75. The lowest BCUT2D eigenvalue weighted by Gasteiger charge is -2.29. The van der Waals surface area contributed by atoms with E-state index in [1.807, 2.05) is 37.3 Å². The topological polar surface area (TPSA) is 79.5 Å². The van der Waals surface area contributed by atoms with Gasteiger partial charge in [0.1, 0.15) is 11.3 Å². The number of hydrogen-bond donors (Lipinski definition) is 3. The lowest BCUT2D eigenvalue weighted by Crippen LogP contribution is -2.52. The van der Waals surface area contributed by atoms with Gasteiger partial charge in [0.2, 0.25) is 11.8 Å². The third kappa shape index (κ3) is 3.56. The highest BCUT2D eigenvalue weighted by molar-refractivity contribution is 7.98. The SMILES string of the molecule is COc1ccc(NC(=O)C2CC(CCSC)NC23C(=O)Nc2ccc(C)cc23)cc1. The molecular formula is C23H27N3O3S. The molecule has 1 fully saturated rings. The van der Waals surface area contributed by atoms with Crippen LogP contribution in [0, 0.1) is 12.8 Å². The molecule has 0 aromatic heterocycles. The average Bonchev–Trinajstić information content (AvgIpc) is 3.26. The second kappa shape index (κ2) is 8.32. The molecular weight excluding hydrogens is 398 g/mol. The third-order valence-corrected chi connectivity index (χ3v) is 6.67. The molecule has 1 spiro atoms. The first-order chi connectivity index (χ1) is 14.5. The van der Waals surface area contributed by atoms with E-state index in [1.165, 1.54) is 0 Å². The number of ether oxygens (including phenoxy) is 1. The number of methoxy groups -OCH3 is 1. The van der Waals surface area contributed by atoms with Crippen LogP contribution in [0.3, 0.4) is 0 Å². The number of carbonyl (C=O) groups is 2. The largest absolute Gasteiger partial charge is 0.497 e. The molecule has 2 aromatic rings. The molecule has 30 heavy (non-hydrogen) atoms. The normalized spacial score (nSPS) is 24.6. The highest BCUT2D eigenvalue weighted by atomic mass is 32.2. The number of hydrogen-bond acceptors (Lipinski definition) is 5. The molecule has 0 saturated carbocycles. The fourth-order valence-corrected chi connectivity index (χ4v) is 5.05. The zero-order valence-corrected chi connectivity index (χ0v) is 18.3. The zero-order chi connectivity index (χ0) is 21.3. The lowest BCUT2D eigenvalue weighted by molar-refractivity contribution is -0.130. The van der Waals surface area contributed by atoms with Crippen LogP contribution in [0.1, 0.15) is 24.0 Å². The van der Waals surface area contributed by atoms with Crippen molar-refractivity contribution in [2.75, 3.05) is 29.8 Å². The molecule has 0 bridgehead atoms. The summed E-state index contributed by atoms with van der Waals surface area (Å²) >= 11 is 1.77. The Bertz CT molecular complexity index is 963. The summed E-state index contributed by atoms with van der Waals surface area (Å²) in [5.74, 6) is 0.898. The molecule has 4 rings (SSSR count). The van der Waals surface area contributed by atoms with E-state index in [0.29, 0.717) is 12.1 Å². The summed E-state index contributed by atoms with van der Waals surface area (Å²) in [5.41, 5.74) is 2.36. The number of aryl methyl sites for hydroxylation is 1. The van der Waals surface area contributed by atoms with Gasteiger partial charge in [0.05, 0.1) is 13.0 Å². The summed E-state index contributed by atoms with van der Waals surface area (Å²) in [6.07, 6.45) is 3.59. The van der Waals surface area contributed by atoms with Crippen LogP contribution in [-0.2, 0) is 15.1 Å². The number of nitrogens with one attached hydrogen (secondary N) is 3. The van der Waals surface area contributed by atoms with Crippen molar-refractivity contribution in [1.29, 1.82) is 0 Å². The number of fused-ring (bicyclic) bond motifs is 2. The molecule has 0 aliphatic carbocycles. The van der Waals surface area contributed by atoms with Crippen LogP contribution in [0.5, 0.6) is 5.75 Å². The highest BCUT2D eigenvalue weighted by Crippen LogP contribution is 2.48. The van der Waals surface area contributed by atoms with Gasteiger partial charge >= 0.3 is 0 Å². The molecule has 158 valence electrons. The summed E-state index contributed by atoms with van der Waals surface area (Å²) in [7, 11) is 1.61. The Morgan fingerprint density at radius 1 is 1.27 bits per heavy atom. The van der Waals surface area contributed by atoms with E-state index < -0.39 is 11.5 Å². The Labute approximate surface area is 181 Å². The number of rotatable bonds is 6. The molecule has 2 aliphatic heterocycles. The quantitative estimate of drug-likeness (QED) is 0.660. The van der Waals surface area contributed by atoms with E-state index in [9.17, 15) is 9.59 Å². The molecule has 2 heterocycles. The van der Waals surface area contributed by atoms with Gasteiger partial charge in [0.25, 0.3) is 0 Å². The van der Waals surface area contributed by atoms with Crippen LogP contribution < -0.4 is 20.7 Å². The van der Waals surface area contributed by atoms with E-state index in [2.05, 4.69) is 22.2 Å². The average molecular weight is 426 g/mol. The first-order valence-corrected chi connectivity index (χ1v) is 11.5. The van der Waals surface area contributed by atoms with Gasteiger partial charge < -0.3 is 15.4 Å². The first kappa shape index (κ1) is 20.8. The van der Waals surface area contributed by atoms with Gasteiger partial charge in [0.15, 0.2) is 0 Å². The summed E-state index contributed by atoms with van der Waals surface area (Å²) in [6, 6.07) is 13.2. The van der Waals surface area contributed by atoms with Crippen LogP contribution in [0.2, 0.25) is 0 Å². The number of carbonyl (C=O) groups excluding carboxylic acids is 2. The van der Waals surface area contributed by atoms with Crippen LogP contribution >= 0.6 is 11.8 Å². The Hall–Kier alpha value is -2.51. The number of amides is 2. The van der Waals surface area contributed by atoms with Gasteiger partial charge in [0, 0.05) is 23.0 Å². The minimum absolute atomic E-state index is 0.0984. The van der Waals surface area contributed by atoms with E-state index in [4.69, 9.17) is 4.74 Å². The molecule has 3 atom stereocenters. The predicted molar refractivity (Wildman–Crippen MR) is 121 cm³/mol. The highest BCUT2D eigenvalue weighted by Gasteiger charge is 2.59. The molecule has 3 unspecified atom stereocenters. The van der Waals surface area contributed by atoms with Crippen molar-refractivity contribution in [2.24, 2.45) is 5.92 Å². The van der Waals surface area contributed by atoms with Gasteiger partial charge in [-0.1, -0.05) is 17.7 Å². The molecule has 1 saturated heterocycles. The lowest BCUT2D eigenvalue weighted by atomic mass is 9.79. The van der Waals surface area contributed by atoms with Crippen LogP contribution in [0.4, 0.5) is 11.4 Å². The van der Waals surface area contributed by atoms with E-state index in [1.54, 1.807) is 31.0 Å². The summed E-state index contributed by atoms with van der Waals surface area (Å²) in [6.45, 7) is 2.00. The van der Waals surface area contributed by atoms with E-state index in [-0.39, 0.29) is 17.9 Å². The summed E-state index contributed by atoms with van der Waals surface area (Å²) in [5, 5.41) is 9.57. The minimum Gasteiger partial charge on any atom is -0.497 e. The summed E-state index contributed by atoms with van der Waals surface area (Å²) < 4.78 is 5.19. The van der Waals surface area contributed by atoms with E-state index >= 15 is 0 Å². The van der Waals surface area contributed by atoms with Crippen molar-refractivity contribution in [1.82, 2.24) is 5.32 Å². The smallest absolute Gasteiger partial charge is 0.250 e. The van der Waals surface area contributed by atoms with Gasteiger partial charge in [-0.15, -0.1) is 0 Å². The minimum atomic E-state index is -1.04. The molecule has 3 N–H and O–H groups in total. The van der Waals surface area contributed by atoms with Crippen molar-refractivity contribution in [3.63, 3.8) is 0 Å². The van der Waals surface area contributed by atoms with Crippen molar-refractivity contribution in [3.05, 3.63) is 53.6 Å². The predicted octanol–water partition coefficient (Wildman–Crippen LogP) is 3.52. The number of anilines is 2. The molecule has 2 aromatic carbocycles. The number of thioether (sulfide) groups is 1. The van der Waals surface area contributed by atoms with Gasteiger partial charge in [-0.25, -0.2) is 0 Å². The third-order valence-electron chi connectivity index (χ3n) is 6.03. The van der Waals surface area contributed by atoms with Crippen molar-refractivity contribution >= 4 is 35.0 Å². The van der Waals surface area contributed by atoms with Crippen LogP contribution in [-0.4, -0.2) is 37.0 Å². The fourth-order valence-electron chi connectivity index (χ4n) is 4.53. The maximum atomic E-state index is 13.4. The fraction of sp³-hybridized carbons (Fsp3) is 0.391. The van der Waals surface area contributed by atoms with Crippen molar-refractivity contribution < 1.29 is 14.3 Å². The standard InChI is InChI=1S/C23H27N3O3S/c1-14-4-9-20-18(12-14)23(22(28)25-20)19(13-16(26-23)10-11-30-3)21(27)24-15-5-7-17(29-2)8-6-15/h4-9,12,16,19,26H,10-11,13H2,1-3H3,(H,24,27)(H,25,28). The Morgan fingerprint density at radius 3 is 2.73 bits per heavy atom. The van der Waals surface area contributed by atoms with E-state index in [0.717, 1.165) is 34.7 Å². The maximum Gasteiger partial charge on any atom is 0.250 e. The maximum absolute atomic E-state index is 13.4. The summed E-state index contributed by atoms with van der Waals surface area (Å²) in [4.78, 5) is 26.7. The monoisotopic (exact) mass is 425 g/mol. The number of benzene rings is 2. The second-order valence-electron chi connectivity index (χ2n) is 7.94. The molecule has 7 heteroatoms. The van der Waals surface area contributed by atoms with Gasteiger partial charge in [-0.05, 0) is 62.1 Å². The first-order valence-electron chi connectivity index (χ1n) is 10.1. The molecule has 6 nitrogen and oxygen atoms in total. The Morgan fingerprint density at radius 2 is 2.03 bits per heavy atom. The van der Waals surface area contributed by atoms with Gasteiger partial charge in [-0.3, -0.25) is 14.9 Å². The van der Waals surface area contributed by atoms with Crippen molar-refractivity contribution in [3.8, 4) is 5.75 Å². The van der Waals surface area contributed by atoms with Crippen LogP contribution in [0.25, 0.3) is 0 Å². The second-order valence-corrected chi connectivity index (χ2v) is 8.93. The Balaban J connectivity index is 1.68. The van der Waals surface area contributed by atoms with Gasteiger partial charge in [-0.2, -0.15) is 11.8 Å². The molecule has 2 aliphatic rings. The van der Waals surface area contributed by atoms with Crippen molar-refractivity contribution in [2.45, 2.75) is 31.3 Å². The molecule has 0 radical (unpaired) electrons.